The van der Waals surface area contributed by atoms with Crippen molar-refractivity contribution in [3.8, 4) is 5.75 Å². The van der Waals surface area contributed by atoms with E-state index in [9.17, 15) is 9.59 Å². The highest BCUT2D eigenvalue weighted by Gasteiger charge is 2.27. The van der Waals surface area contributed by atoms with Crippen LogP contribution in [0.2, 0.25) is 10.0 Å². The van der Waals surface area contributed by atoms with E-state index >= 15 is 0 Å². The number of hydrogen-bond acceptors (Lipinski definition) is 6. The molecule has 2 heterocycles. The summed E-state index contributed by atoms with van der Waals surface area (Å²) in [5.74, 6) is 0.687. The Morgan fingerprint density at radius 1 is 1.13 bits per heavy atom. The Kier molecular flexibility index (Phi) is 7.39. The first-order chi connectivity index (χ1) is 14.4. The van der Waals surface area contributed by atoms with Gasteiger partial charge in [0.25, 0.3) is 5.91 Å². The molecule has 1 saturated heterocycles. The molecule has 1 amide bonds. The van der Waals surface area contributed by atoms with Gasteiger partial charge in [-0.2, -0.15) is 0 Å². The first-order valence-corrected chi connectivity index (χ1v) is 10.4. The van der Waals surface area contributed by atoms with Crippen molar-refractivity contribution < 1.29 is 19.1 Å². The van der Waals surface area contributed by atoms with E-state index in [-0.39, 0.29) is 11.9 Å². The summed E-state index contributed by atoms with van der Waals surface area (Å²) < 4.78 is 10.7. The lowest BCUT2D eigenvalue weighted by atomic mass is 10.2. The van der Waals surface area contributed by atoms with Crippen LogP contribution in [-0.2, 0) is 9.53 Å². The van der Waals surface area contributed by atoms with E-state index < -0.39 is 6.10 Å². The standard InChI is InChI=1S/C21H23Cl2N3O4/c1-3-29-21(28)15-4-7-19(24-13-15)25-8-10-26(11-9-25)20(27)14(2)30-18-6-5-16(22)12-17(18)23/h4-7,12-14H,3,8-11H2,1-2H3/t14-/m1/s1. The van der Waals surface area contributed by atoms with E-state index in [4.69, 9.17) is 32.7 Å². The molecule has 7 nitrogen and oxygen atoms in total. The molecule has 1 aliphatic heterocycles. The van der Waals surface area contributed by atoms with Crippen molar-refractivity contribution in [3.05, 3.63) is 52.1 Å². The maximum Gasteiger partial charge on any atom is 0.339 e. The van der Waals surface area contributed by atoms with Gasteiger partial charge in [-0.05, 0) is 44.2 Å². The van der Waals surface area contributed by atoms with Crippen LogP contribution in [0.5, 0.6) is 5.75 Å². The van der Waals surface area contributed by atoms with Crippen molar-refractivity contribution in [2.24, 2.45) is 0 Å². The molecule has 0 spiro atoms. The average Bonchev–Trinajstić information content (AvgIpc) is 2.75. The molecule has 1 aromatic carbocycles. The molecule has 0 N–H and O–H groups in total. The lowest BCUT2D eigenvalue weighted by Crippen LogP contribution is -2.52. The molecule has 2 aromatic rings. The molecule has 1 aromatic heterocycles. The Balaban J connectivity index is 1.54. The fourth-order valence-electron chi connectivity index (χ4n) is 3.13. The average molecular weight is 452 g/mol. The molecule has 1 aliphatic rings. The normalized spacial score (nSPS) is 14.9. The molecule has 0 saturated carbocycles. The van der Waals surface area contributed by atoms with E-state index in [2.05, 4.69) is 9.88 Å². The summed E-state index contributed by atoms with van der Waals surface area (Å²) in [5, 5.41) is 0.871. The molecule has 0 radical (unpaired) electrons. The summed E-state index contributed by atoms with van der Waals surface area (Å²) in [6.45, 7) is 6.14. The van der Waals surface area contributed by atoms with Crippen LogP contribution in [0.15, 0.2) is 36.5 Å². The minimum Gasteiger partial charge on any atom is -0.479 e. The Morgan fingerprint density at radius 3 is 2.47 bits per heavy atom. The number of halogens is 2. The zero-order valence-corrected chi connectivity index (χ0v) is 18.3. The molecule has 0 bridgehead atoms. The number of ether oxygens (including phenoxy) is 2. The third-order valence-electron chi connectivity index (χ3n) is 4.72. The molecule has 1 fully saturated rings. The van der Waals surface area contributed by atoms with Gasteiger partial charge in [0, 0.05) is 37.4 Å². The number of nitrogens with zero attached hydrogens (tertiary/aromatic N) is 3. The van der Waals surface area contributed by atoms with Gasteiger partial charge in [0.1, 0.15) is 11.6 Å². The van der Waals surface area contributed by atoms with Crippen LogP contribution in [0, 0.1) is 0 Å². The second-order valence-corrected chi connectivity index (χ2v) is 7.62. The quantitative estimate of drug-likeness (QED) is 0.623. The first-order valence-electron chi connectivity index (χ1n) is 9.67. The number of esters is 1. The van der Waals surface area contributed by atoms with Crippen LogP contribution < -0.4 is 9.64 Å². The van der Waals surface area contributed by atoms with Gasteiger partial charge in [0.15, 0.2) is 6.10 Å². The maximum atomic E-state index is 12.8. The van der Waals surface area contributed by atoms with Gasteiger partial charge in [-0.15, -0.1) is 0 Å². The maximum absolute atomic E-state index is 12.8. The largest absolute Gasteiger partial charge is 0.479 e. The van der Waals surface area contributed by atoms with Crippen molar-refractivity contribution in [2.45, 2.75) is 20.0 Å². The topological polar surface area (TPSA) is 72.0 Å². The lowest BCUT2D eigenvalue weighted by Gasteiger charge is -2.36. The number of piperazine rings is 1. The number of aromatic nitrogens is 1. The highest BCUT2D eigenvalue weighted by atomic mass is 35.5. The van der Waals surface area contributed by atoms with Crippen molar-refractivity contribution in [2.75, 3.05) is 37.7 Å². The minimum atomic E-state index is -0.669. The zero-order valence-electron chi connectivity index (χ0n) is 16.8. The van der Waals surface area contributed by atoms with E-state index in [1.165, 1.54) is 6.20 Å². The zero-order chi connectivity index (χ0) is 21.7. The summed E-state index contributed by atoms with van der Waals surface area (Å²) in [6, 6.07) is 8.38. The second kappa shape index (κ2) is 10.00. The summed E-state index contributed by atoms with van der Waals surface area (Å²) in [4.78, 5) is 32.7. The molecular weight excluding hydrogens is 429 g/mol. The van der Waals surface area contributed by atoms with Crippen LogP contribution in [0.3, 0.4) is 0 Å². The van der Waals surface area contributed by atoms with Crippen molar-refractivity contribution in [3.63, 3.8) is 0 Å². The van der Waals surface area contributed by atoms with E-state index in [1.54, 1.807) is 49.1 Å². The number of rotatable bonds is 6. The molecule has 160 valence electrons. The molecular formula is C21H23Cl2N3O4. The molecule has 9 heteroatoms. The predicted molar refractivity (Wildman–Crippen MR) is 116 cm³/mol. The fraction of sp³-hybridized carbons (Fsp3) is 0.381. The molecule has 3 rings (SSSR count). The molecule has 30 heavy (non-hydrogen) atoms. The smallest absolute Gasteiger partial charge is 0.339 e. The SMILES string of the molecule is CCOC(=O)c1ccc(N2CCN(C(=O)[C@@H](C)Oc3ccc(Cl)cc3Cl)CC2)nc1. The van der Waals surface area contributed by atoms with Crippen molar-refractivity contribution >= 4 is 40.9 Å². The highest BCUT2D eigenvalue weighted by molar-refractivity contribution is 6.35. The van der Waals surface area contributed by atoms with Gasteiger partial charge < -0.3 is 19.3 Å². The highest BCUT2D eigenvalue weighted by Crippen LogP contribution is 2.28. The van der Waals surface area contributed by atoms with Crippen LogP contribution in [0.1, 0.15) is 24.2 Å². The summed E-state index contributed by atoms with van der Waals surface area (Å²) >= 11 is 12.0. The number of hydrogen-bond donors (Lipinski definition) is 0. The van der Waals surface area contributed by atoms with E-state index in [1.807, 2.05) is 0 Å². The fourth-order valence-corrected chi connectivity index (χ4v) is 3.59. The Bertz CT molecular complexity index is 900. The summed E-state index contributed by atoms with van der Waals surface area (Å²) in [6.07, 6.45) is 0.841. The summed E-state index contributed by atoms with van der Waals surface area (Å²) in [7, 11) is 0. The predicted octanol–water partition coefficient (Wildman–Crippen LogP) is 3.68. The van der Waals surface area contributed by atoms with Crippen LogP contribution >= 0.6 is 23.2 Å². The number of pyridine rings is 1. The van der Waals surface area contributed by atoms with Crippen LogP contribution in [0.4, 0.5) is 5.82 Å². The van der Waals surface area contributed by atoms with Gasteiger partial charge in [-0.1, -0.05) is 23.2 Å². The van der Waals surface area contributed by atoms with Gasteiger partial charge in [-0.3, -0.25) is 4.79 Å². The lowest BCUT2D eigenvalue weighted by molar-refractivity contribution is -0.138. The number of carbonyl (C=O) groups is 2. The third kappa shape index (κ3) is 5.34. The van der Waals surface area contributed by atoms with Crippen LogP contribution in [0.25, 0.3) is 0 Å². The van der Waals surface area contributed by atoms with E-state index in [0.717, 1.165) is 5.82 Å². The first kappa shape index (κ1) is 22.2. The van der Waals surface area contributed by atoms with Crippen LogP contribution in [-0.4, -0.2) is 60.7 Å². The Labute approximate surface area is 185 Å². The Morgan fingerprint density at radius 2 is 1.87 bits per heavy atom. The van der Waals surface area contributed by atoms with Gasteiger partial charge in [-0.25, -0.2) is 9.78 Å². The number of anilines is 1. The second-order valence-electron chi connectivity index (χ2n) is 6.77. The number of carbonyl (C=O) groups excluding carboxylic acids is 2. The van der Waals surface area contributed by atoms with Crippen molar-refractivity contribution in [1.82, 2.24) is 9.88 Å². The van der Waals surface area contributed by atoms with Gasteiger partial charge in [0.05, 0.1) is 17.2 Å². The molecule has 1 atom stereocenters. The Hall–Kier alpha value is -2.51. The monoisotopic (exact) mass is 451 g/mol. The number of amides is 1. The van der Waals surface area contributed by atoms with Crippen molar-refractivity contribution in [1.29, 1.82) is 0 Å². The molecule has 0 aliphatic carbocycles. The minimum absolute atomic E-state index is 0.105. The van der Waals surface area contributed by atoms with Gasteiger partial charge in [0.2, 0.25) is 0 Å². The number of benzene rings is 1. The summed E-state index contributed by atoms with van der Waals surface area (Å²) in [5.41, 5.74) is 0.418. The van der Waals surface area contributed by atoms with E-state index in [0.29, 0.717) is 54.1 Å². The van der Waals surface area contributed by atoms with Gasteiger partial charge >= 0.3 is 5.97 Å². The third-order valence-corrected chi connectivity index (χ3v) is 5.25. The molecule has 0 unspecified atom stereocenters.